The third-order valence-corrected chi connectivity index (χ3v) is 4.96. The van der Waals surface area contributed by atoms with E-state index < -0.39 is 0 Å². The lowest BCUT2D eigenvalue weighted by atomic mass is 9.97. The fourth-order valence-electron chi connectivity index (χ4n) is 3.68. The van der Waals surface area contributed by atoms with E-state index in [0.717, 1.165) is 29.9 Å². The second kappa shape index (κ2) is 11.8. The second-order valence-corrected chi connectivity index (χ2v) is 8.08. The Morgan fingerprint density at radius 3 is 2.64 bits per heavy atom. The molecule has 1 aliphatic rings. The zero-order chi connectivity index (χ0) is 20.4. The first-order valence-electron chi connectivity index (χ1n) is 10.5. The lowest BCUT2D eigenvalue weighted by molar-refractivity contribution is 0.159. The van der Waals surface area contributed by atoms with Gasteiger partial charge in [-0.1, -0.05) is 26.0 Å². The zero-order valence-electron chi connectivity index (χ0n) is 18.2. The maximum Gasteiger partial charge on any atom is 0.191 e. The van der Waals surface area contributed by atoms with Gasteiger partial charge in [0.05, 0.1) is 13.7 Å². The van der Waals surface area contributed by atoms with Gasteiger partial charge >= 0.3 is 0 Å². The van der Waals surface area contributed by atoms with Crippen molar-refractivity contribution in [1.82, 2.24) is 15.5 Å². The maximum atomic E-state index is 6.00. The van der Waals surface area contributed by atoms with Gasteiger partial charge in [-0.05, 0) is 50.3 Å². The van der Waals surface area contributed by atoms with Crippen LogP contribution in [0.25, 0.3) is 0 Å². The summed E-state index contributed by atoms with van der Waals surface area (Å²) >= 11 is 0. The summed E-state index contributed by atoms with van der Waals surface area (Å²) in [5, 5.41) is 6.86. The number of rotatable bonds is 9. The molecule has 158 valence electrons. The molecular weight excluding hydrogens is 352 g/mol. The van der Waals surface area contributed by atoms with Gasteiger partial charge in [0.2, 0.25) is 0 Å². The molecule has 0 amide bonds. The number of benzene rings is 1. The molecule has 2 unspecified atom stereocenters. The molecule has 0 radical (unpaired) electrons. The van der Waals surface area contributed by atoms with Crippen molar-refractivity contribution in [2.45, 2.75) is 39.7 Å². The molecule has 2 atom stereocenters. The molecule has 6 nitrogen and oxygen atoms in total. The van der Waals surface area contributed by atoms with Crippen LogP contribution < -0.4 is 20.1 Å². The van der Waals surface area contributed by atoms with Crippen LogP contribution in [0.4, 0.5) is 0 Å². The van der Waals surface area contributed by atoms with Crippen LogP contribution >= 0.6 is 0 Å². The largest absolute Gasteiger partial charge is 0.493 e. The van der Waals surface area contributed by atoms with E-state index in [1.54, 1.807) is 7.11 Å². The van der Waals surface area contributed by atoms with Crippen molar-refractivity contribution in [1.29, 1.82) is 0 Å². The summed E-state index contributed by atoms with van der Waals surface area (Å²) < 4.78 is 11.3. The Labute approximate surface area is 170 Å². The van der Waals surface area contributed by atoms with Crippen LogP contribution in [0, 0.1) is 11.8 Å². The Balaban J connectivity index is 1.73. The van der Waals surface area contributed by atoms with E-state index in [1.807, 2.05) is 38.2 Å². The molecule has 1 aromatic rings. The molecule has 2 N–H and O–H groups in total. The molecular formula is C22H38N4O2. The Kier molecular flexibility index (Phi) is 9.41. The lowest BCUT2D eigenvalue weighted by Crippen LogP contribution is -2.46. The van der Waals surface area contributed by atoms with Crippen molar-refractivity contribution >= 4 is 5.96 Å². The third-order valence-electron chi connectivity index (χ3n) is 4.96. The number of piperidine rings is 1. The smallest absolute Gasteiger partial charge is 0.191 e. The van der Waals surface area contributed by atoms with E-state index >= 15 is 0 Å². The molecule has 1 fully saturated rings. The molecule has 1 saturated heterocycles. The van der Waals surface area contributed by atoms with Gasteiger partial charge < -0.3 is 25.0 Å². The lowest BCUT2D eigenvalue weighted by Gasteiger charge is -2.34. The van der Waals surface area contributed by atoms with Crippen LogP contribution in [0.2, 0.25) is 0 Å². The SMILES string of the molecule is CN=C(NCC1CCCN(CC(C)C)C1)NCC(C)Oc1ccccc1OC. The van der Waals surface area contributed by atoms with Crippen LogP contribution in [0.1, 0.15) is 33.6 Å². The molecule has 0 aliphatic carbocycles. The summed E-state index contributed by atoms with van der Waals surface area (Å²) in [7, 11) is 3.47. The van der Waals surface area contributed by atoms with Crippen LogP contribution in [0.5, 0.6) is 11.5 Å². The van der Waals surface area contributed by atoms with Crippen molar-refractivity contribution in [3.05, 3.63) is 24.3 Å². The minimum Gasteiger partial charge on any atom is -0.493 e. The summed E-state index contributed by atoms with van der Waals surface area (Å²) in [6.45, 7) is 11.9. The van der Waals surface area contributed by atoms with Crippen molar-refractivity contribution in [3.63, 3.8) is 0 Å². The topological polar surface area (TPSA) is 58.1 Å². The predicted molar refractivity (Wildman–Crippen MR) is 116 cm³/mol. The molecule has 6 heteroatoms. The van der Waals surface area contributed by atoms with Crippen LogP contribution in [0.15, 0.2) is 29.3 Å². The first kappa shape index (κ1) is 22.3. The van der Waals surface area contributed by atoms with E-state index in [2.05, 4.69) is 34.4 Å². The Bertz CT molecular complexity index is 606. The molecule has 1 aromatic carbocycles. The average Bonchev–Trinajstić information content (AvgIpc) is 2.68. The summed E-state index contributed by atoms with van der Waals surface area (Å²) in [5.74, 6) is 3.74. The highest BCUT2D eigenvalue weighted by Crippen LogP contribution is 2.26. The average molecular weight is 391 g/mol. The van der Waals surface area contributed by atoms with E-state index in [-0.39, 0.29) is 6.10 Å². The van der Waals surface area contributed by atoms with E-state index in [0.29, 0.717) is 12.5 Å². The molecule has 28 heavy (non-hydrogen) atoms. The molecule has 0 bridgehead atoms. The number of hydrogen-bond donors (Lipinski definition) is 2. The van der Waals surface area contributed by atoms with E-state index in [4.69, 9.17) is 9.47 Å². The highest BCUT2D eigenvalue weighted by molar-refractivity contribution is 5.79. The first-order chi connectivity index (χ1) is 13.5. The molecule has 1 heterocycles. The number of ether oxygens (including phenoxy) is 2. The quantitative estimate of drug-likeness (QED) is 0.501. The number of aliphatic imine (C=N–C) groups is 1. The Hall–Kier alpha value is -1.95. The normalized spacial score (nSPS) is 19.4. The van der Waals surface area contributed by atoms with Gasteiger partial charge in [-0.15, -0.1) is 0 Å². The molecule has 0 spiro atoms. The molecule has 0 aromatic heterocycles. The Morgan fingerprint density at radius 2 is 1.96 bits per heavy atom. The zero-order valence-corrected chi connectivity index (χ0v) is 18.2. The number of methoxy groups -OCH3 is 1. The van der Waals surface area contributed by atoms with Crippen LogP contribution in [-0.4, -0.2) is 63.8 Å². The standard InChI is InChI=1S/C22H38N4O2/c1-17(2)15-26-12-8-9-19(16-26)14-25-22(23-4)24-13-18(3)28-21-11-7-6-10-20(21)27-5/h6-7,10-11,17-19H,8-9,12-16H2,1-5H3,(H2,23,24,25). The second-order valence-electron chi connectivity index (χ2n) is 8.08. The minimum atomic E-state index is -0.00827. The van der Waals surface area contributed by atoms with Gasteiger partial charge in [0.1, 0.15) is 6.10 Å². The highest BCUT2D eigenvalue weighted by Gasteiger charge is 2.20. The van der Waals surface area contributed by atoms with Crippen LogP contribution in [-0.2, 0) is 0 Å². The van der Waals surface area contributed by atoms with Crippen molar-refractivity contribution in [2.24, 2.45) is 16.8 Å². The molecule has 1 aliphatic heterocycles. The van der Waals surface area contributed by atoms with Crippen molar-refractivity contribution < 1.29 is 9.47 Å². The van der Waals surface area contributed by atoms with Crippen molar-refractivity contribution in [2.75, 3.05) is 46.9 Å². The fraction of sp³-hybridized carbons (Fsp3) is 0.682. The molecule has 2 rings (SSSR count). The number of likely N-dealkylation sites (tertiary alicyclic amines) is 1. The van der Waals surface area contributed by atoms with E-state index in [9.17, 15) is 0 Å². The van der Waals surface area contributed by atoms with Crippen molar-refractivity contribution in [3.8, 4) is 11.5 Å². The monoisotopic (exact) mass is 390 g/mol. The predicted octanol–water partition coefficient (Wildman–Crippen LogP) is 3.00. The number of hydrogen-bond acceptors (Lipinski definition) is 4. The van der Waals surface area contributed by atoms with Gasteiger partial charge in [0, 0.05) is 26.7 Å². The molecule has 0 saturated carbocycles. The summed E-state index contributed by atoms with van der Waals surface area (Å²) in [6, 6.07) is 7.72. The van der Waals surface area contributed by atoms with Gasteiger partial charge in [-0.2, -0.15) is 0 Å². The first-order valence-corrected chi connectivity index (χ1v) is 10.5. The number of guanidine groups is 1. The third kappa shape index (κ3) is 7.58. The minimum absolute atomic E-state index is 0.00827. The van der Waals surface area contributed by atoms with Gasteiger partial charge in [0.25, 0.3) is 0 Å². The fourth-order valence-corrected chi connectivity index (χ4v) is 3.68. The maximum absolute atomic E-state index is 6.00. The summed E-state index contributed by atoms with van der Waals surface area (Å²) in [4.78, 5) is 6.95. The van der Waals surface area contributed by atoms with Gasteiger partial charge in [0.15, 0.2) is 17.5 Å². The summed E-state index contributed by atoms with van der Waals surface area (Å²) in [6.07, 6.45) is 2.56. The number of nitrogens with one attached hydrogen (secondary N) is 2. The number of para-hydroxylation sites is 2. The highest BCUT2D eigenvalue weighted by atomic mass is 16.5. The van der Waals surface area contributed by atoms with Gasteiger partial charge in [-0.25, -0.2) is 0 Å². The Morgan fingerprint density at radius 1 is 1.21 bits per heavy atom. The number of nitrogens with zero attached hydrogens (tertiary/aromatic N) is 2. The van der Waals surface area contributed by atoms with Gasteiger partial charge in [-0.3, -0.25) is 4.99 Å². The van der Waals surface area contributed by atoms with E-state index in [1.165, 1.54) is 32.5 Å². The van der Waals surface area contributed by atoms with Crippen LogP contribution in [0.3, 0.4) is 0 Å². The summed E-state index contributed by atoms with van der Waals surface area (Å²) in [5.41, 5.74) is 0.